The van der Waals surface area contributed by atoms with Crippen molar-refractivity contribution in [3.05, 3.63) is 22.4 Å². The number of carbonyl (C=O) groups excluding carboxylic acids is 2. The zero-order valence-corrected chi connectivity index (χ0v) is 15.3. The largest absolute Gasteiger partial charge is 0.381 e. The van der Waals surface area contributed by atoms with Gasteiger partial charge in [-0.25, -0.2) is 0 Å². The molecule has 3 heterocycles. The van der Waals surface area contributed by atoms with Gasteiger partial charge in [0.25, 0.3) is 5.91 Å². The van der Waals surface area contributed by atoms with Gasteiger partial charge >= 0.3 is 0 Å². The van der Waals surface area contributed by atoms with E-state index in [9.17, 15) is 9.59 Å². The fraction of sp³-hybridized carbons (Fsp3) is 0.667. The molecule has 2 fully saturated rings. The summed E-state index contributed by atoms with van der Waals surface area (Å²) in [5, 5.41) is 1.94. The Morgan fingerprint density at radius 2 is 2.12 bits per heavy atom. The number of nitrogens with zero attached hydrogens (tertiary/aromatic N) is 2. The maximum absolute atomic E-state index is 12.7. The minimum absolute atomic E-state index is 0.0332. The van der Waals surface area contributed by atoms with Gasteiger partial charge in [-0.15, -0.1) is 11.3 Å². The zero-order valence-electron chi connectivity index (χ0n) is 14.5. The second-order valence-electron chi connectivity index (χ2n) is 6.70. The van der Waals surface area contributed by atoms with Gasteiger partial charge in [0.05, 0.1) is 17.4 Å². The third-order valence-corrected chi connectivity index (χ3v) is 6.36. The average Bonchev–Trinajstić information content (AvgIpc) is 3.21. The van der Waals surface area contributed by atoms with Gasteiger partial charge in [0, 0.05) is 38.2 Å². The Bertz CT molecular complexity index is 579. The van der Waals surface area contributed by atoms with Crippen LogP contribution < -0.4 is 0 Å². The molecular formula is C18H26N2O3S. The Morgan fingerprint density at radius 1 is 1.38 bits per heavy atom. The van der Waals surface area contributed by atoms with E-state index in [1.807, 2.05) is 41.2 Å². The third-order valence-electron chi connectivity index (χ3n) is 5.50. The molecule has 0 radical (unpaired) electrons. The summed E-state index contributed by atoms with van der Waals surface area (Å²) in [5.41, 5.74) is -0.0332. The summed E-state index contributed by atoms with van der Waals surface area (Å²) in [6.07, 6.45) is 1.76. The van der Waals surface area contributed by atoms with Crippen molar-refractivity contribution in [3.8, 4) is 0 Å². The molecule has 6 heteroatoms. The smallest absolute Gasteiger partial charge is 0.263 e. The van der Waals surface area contributed by atoms with Gasteiger partial charge in [-0.1, -0.05) is 6.07 Å². The molecule has 2 amide bonds. The Kier molecular flexibility index (Phi) is 5.25. The topological polar surface area (TPSA) is 49.9 Å². The van der Waals surface area contributed by atoms with Gasteiger partial charge in [0.2, 0.25) is 5.91 Å². The molecule has 0 N–H and O–H groups in total. The van der Waals surface area contributed by atoms with Crippen LogP contribution >= 0.6 is 11.3 Å². The molecule has 0 aromatic carbocycles. The van der Waals surface area contributed by atoms with Crippen molar-refractivity contribution in [1.82, 2.24) is 9.80 Å². The van der Waals surface area contributed by atoms with Crippen LogP contribution in [0, 0.1) is 11.3 Å². The first kappa shape index (κ1) is 17.4. The molecule has 2 aliphatic heterocycles. The first-order chi connectivity index (χ1) is 11.6. The molecule has 3 rings (SSSR count). The second-order valence-corrected chi connectivity index (χ2v) is 7.64. The van der Waals surface area contributed by atoms with Crippen LogP contribution in [0.3, 0.4) is 0 Å². The first-order valence-electron chi connectivity index (χ1n) is 8.80. The van der Waals surface area contributed by atoms with Crippen molar-refractivity contribution in [2.45, 2.75) is 26.7 Å². The van der Waals surface area contributed by atoms with Crippen LogP contribution in [0.4, 0.5) is 0 Å². The normalized spacial score (nSPS) is 23.2. The fourth-order valence-corrected chi connectivity index (χ4v) is 4.71. The number of rotatable bonds is 5. The predicted octanol–water partition coefficient (Wildman–Crippen LogP) is 2.49. The summed E-state index contributed by atoms with van der Waals surface area (Å²) in [5.74, 6) is 0.290. The molecule has 0 aliphatic carbocycles. The lowest BCUT2D eigenvalue weighted by Gasteiger charge is -2.41. The van der Waals surface area contributed by atoms with Gasteiger partial charge in [-0.2, -0.15) is 0 Å². The molecule has 1 unspecified atom stereocenters. The first-order valence-corrected chi connectivity index (χ1v) is 9.68. The van der Waals surface area contributed by atoms with Crippen LogP contribution in [-0.2, 0) is 9.53 Å². The van der Waals surface area contributed by atoms with Crippen molar-refractivity contribution < 1.29 is 14.3 Å². The lowest BCUT2D eigenvalue weighted by atomic mass is 9.71. The quantitative estimate of drug-likeness (QED) is 0.820. The molecule has 0 bridgehead atoms. The molecule has 1 aromatic rings. The molecule has 2 saturated heterocycles. The molecule has 2 aliphatic rings. The summed E-state index contributed by atoms with van der Waals surface area (Å²) in [7, 11) is 0. The molecule has 1 spiro atoms. The van der Waals surface area contributed by atoms with E-state index < -0.39 is 0 Å². The maximum Gasteiger partial charge on any atom is 0.263 e. The van der Waals surface area contributed by atoms with Crippen LogP contribution in [-0.4, -0.2) is 61.0 Å². The lowest BCUT2D eigenvalue weighted by Crippen LogP contribution is -2.47. The van der Waals surface area contributed by atoms with E-state index in [-0.39, 0.29) is 23.1 Å². The molecule has 24 heavy (non-hydrogen) atoms. The van der Waals surface area contributed by atoms with Crippen LogP contribution in [0.25, 0.3) is 0 Å². The van der Waals surface area contributed by atoms with Crippen molar-refractivity contribution in [3.63, 3.8) is 0 Å². The number of piperidine rings is 1. The third kappa shape index (κ3) is 3.09. The van der Waals surface area contributed by atoms with Gasteiger partial charge in [-0.3, -0.25) is 9.59 Å². The molecule has 0 saturated carbocycles. The van der Waals surface area contributed by atoms with Gasteiger partial charge in [-0.05, 0) is 38.1 Å². The number of likely N-dealkylation sites (tertiary alicyclic amines) is 2. The highest BCUT2D eigenvalue weighted by Crippen LogP contribution is 2.45. The lowest BCUT2D eigenvalue weighted by molar-refractivity contribution is -0.133. The zero-order chi connectivity index (χ0) is 17.2. The molecule has 132 valence electrons. The van der Waals surface area contributed by atoms with Crippen molar-refractivity contribution in [1.29, 1.82) is 0 Å². The van der Waals surface area contributed by atoms with E-state index in [2.05, 4.69) is 0 Å². The monoisotopic (exact) mass is 350 g/mol. The molecule has 1 aromatic heterocycles. The Hall–Kier alpha value is -1.40. The van der Waals surface area contributed by atoms with E-state index in [4.69, 9.17) is 4.74 Å². The second kappa shape index (κ2) is 7.23. The molecule has 5 nitrogen and oxygen atoms in total. The summed E-state index contributed by atoms with van der Waals surface area (Å²) in [6.45, 7) is 8.15. The molecular weight excluding hydrogens is 324 g/mol. The van der Waals surface area contributed by atoms with E-state index in [0.29, 0.717) is 13.2 Å². The van der Waals surface area contributed by atoms with Crippen LogP contribution in [0.5, 0.6) is 0 Å². The van der Waals surface area contributed by atoms with Crippen molar-refractivity contribution in [2.75, 3.05) is 39.4 Å². The van der Waals surface area contributed by atoms with Crippen molar-refractivity contribution in [2.24, 2.45) is 11.3 Å². The summed E-state index contributed by atoms with van der Waals surface area (Å²) in [6, 6.07) is 3.80. The van der Waals surface area contributed by atoms with E-state index >= 15 is 0 Å². The van der Waals surface area contributed by atoms with Gasteiger partial charge in [0.1, 0.15) is 0 Å². The Balaban J connectivity index is 1.70. The van der Waals surface area contributed by atoms with Crippen LogP contribution in [0.2, 0.25) is 0 Å². The number of carbonyl (C=O) groups is 2. The van der Waals surface area contributed by atoms with E-state index in [0.717, 1.165) is 43.9 Å². The number of hydrogen-bond acceptors (Lipinski definition) is 4. The average molecular weight is 350 g/mol. The fourth-order valence-electron chi connectivity index (χ4n) is 4.02. The highest BCUT2D eigenvalue weighted by atomic mass is 32.1. The SMILES string of the molecule is CCOCC1C(=O)N(CC)CC12CCN(C(=O)c1cccs1)CC2. The number of hydrogen-bond donors (Lipinski definition) is 0. The maximum atomic E-state index is 12.7. The number of thiophene rings is 1. The minimum atomic E-state index is -0.0589. The van der Waals surface area contributed by atoms with Crippen molar-refractivity contribution >= 4 is 23.2 Å². The molecule has 1 atom stereocenters. The van der Waals surface area contributed by atoms with E-state index in [1.54, 1.807) is 0 Å². The van der Waals surface area contributed by atoms with E-state index in [1.165, 1.54) is 11.3 Å². The summed E-state index contributed by atoms with van der Waals surface area (Å²) in [4.78, 5) is 29.9. The standard InChI is InChI=1S/C18H26N2O3S/c1-3-19-13-18(14(16(19)21)12-23-4-2)7-9-20(10-8-18)17(22)15-6-5-11-24-15/h5-6,11,14H,3-4,7-10,12-13H2,1-2H3. The number of amides is 2. The highest BCUT2D eigenvalue weighted by Gasteiger charge is 2.52. The number of ether oxygens (including phenoxy) is 1. The minimum Gasteiger partial charge on any atom is -0.381 e. The Morgan fingerprint density at radius 3 is 2.71 bits per heavy atom. The Labute approximate surface area is 147 Å². The van der Waals surface area contributed by atoms with Crippen LogP contribution in [0.15, 0.2) is 17.5 Å². The summed E-state index contributed by atoms with van der Waals surface area (Å²) >= 11 is 1.49. The van der Waals surface area contributed by atoms with Gasteiger partial charge < -0.3 is 14.5 Å². The predicted molar refractivity (Wildman–Crippen MR) is 94.1 cm³/mol. The van der Waals surface area contributed by atoms with Gasteiger partial charge in [0.15, 0.2) is 0 Å². The summed E-state index contributed by atoms with van der Waals surface area (Å²) < 4.78 is 5.62. The van der Waals surface area contributed by atoms with Crippen LogP contribution in [0.1, 0.15) is 36.4 Å². The highest BCUT2D eigenvalue weighted by molar-refractivity contribution is 7.12.